The van der Waals surface area contributed by atoms with E-state index >= 15 is 0 Å². The van der Waals surface area contributed by atoms with Crippen molar-refractivity contribution in [3.63, 3.8) is 0 Å². The summed E-state index contributed by atoms with van der Waals surface area (Å²) in [5.41, 5.74) is 6.86. The molecule has 2 heteroatoms. The molecule has 0 spiro atoms. The van der Waals surface area contributed by atoms with Gasteiger partial charge in [0.1, 0.15) is 0 Å². The number of hydroxylamine groups is 1. The van der Waals surface area contributed by atoms with Crippen molar-refractivity contribution in [2.45, 2.75) is 33.2 Å². The second-order valence-electron chi connectivity index (χ2n) is 3.87. The molecule has 0 heterocycles. The van der Waals surface area contributed by atoms with Gasteiger partial charge in [-0.3, -0.25) is 0 Å². The molecule has 0 atom stereocenters. The fraction of sp³-hybridized carbons (Fsp3) is 0.500. The molecule has 1 rings (SSSR count). The lowest BCUT2D eigenvalue weighted by molar-refractivity contribution is 0.0866. The third-order valence-corrected chi connectivity index (χ3v) is 2.45. The Kier molecular flexibility index (Phi) is 4.11. The van der Waals surface area contributed by atoms with Crippen molar-refractivity contribution in [2.75, 3.05) is 7.11 Å². The Morgan fingerprint density at radius 2 is 2.07 bits per heavy atom. The van der Waals surface area contributed by atoms with Crippen molar-refractivity contribution < 1.29 is 4.84 Å². The van der Waals surface area contributed by atoms with Crippen LogP contribution in [0.15, 0.2) is 18.2 Å². The summed E-state index contributed by atoms with van der Waals surface area (Å²) in [5, 5.41) is 0. The van der Waals surface area contributed by atoms with Crippen LogP contribution in [0.5, 0.6) is 0 Å². The van der Waals surface area contributed by atoms with Gasteiger partial charge in [0.25, 0.3) is 0 Å². The van der Waals surface area contributed by atoms with E-state index in [0.29, 0.717) is 5.92 Å². The van der Waals surface area contributed by atoms with E-state index in [-0.39, 0.29) is 0 Å². The summed E-state index contributed by atoms with van der Waals surface area (Å²) in [7, 11) is 1.64. The van der Waals surface area contributed by atoms with Gasteiger partial charge in [-0.15, -0.1) is 0 Å². The third kappa shape index (κ3) is 2.82. The molecule has 0 unspecified atom stereocenters. The molecule has 1 aromatic carbocycles. The van der Waals surface area contributed by atoms with Crippen molar-refractivity contribution in [3.05, 3.63) is 34.9 Å². The highest BCUT2D eigenvalue weighted by Crippen LogP contribution is 2.18. The molecule has 1 N–H and O–H groups in total. The van der Waals surface area contributed by atoms with Crippen LogP contribution in [-0.2, 0) is 11.4 Å². The smallest absolute Gasteiger partial charge is 0.0572 e. The van der Waals surface area contributed by atoms with Crippen LogP contribution in [-0.4, -0.2) is 7.11 Å². The second kappa shape index (κ2) is 5.13. The molecule has 0 bridgehead atoms. The highest BCUT2D eigenvalue weighted by Gasteiger charge is 2.03. The predicted molar refractivity (Wildman–Crippen MR) is 59.1 cm³/mol. The topological polar surface area (TPSA) is 21.3 Å². The van der Waals surface area contributed by atoms with E-state index in [1.165, 1.54) is 16.7 Å². The van der Waals surface area contributed by atoms with Gasteiger partial charge in [0, 0.05) is 6.54 Å². The van der Waals surface area contributed by atoms with Crippen molar-refractivity contribution in [3.8, 4) is 0 Å². The normalized spacial score (nSPS) is 10.9. The molecule has 0 aliphatic rings. The van der Waals surface area contributed by atoms with Crippen molar-refractivity contribution in [1.82, 2.24) is 5.48 Å². The Morgan fingerprint density at radius 3 is 2.64 bits per heavy atom. The maximum Gasteiger partial charge on any atom is 0.0572 e. The molecular weight excluding hydrogens is 174 g/mol. The lowest BCUT2D eigenvalue weighted by Gasteiger charge is -2.11. The molecule has 14 heavy (non-hydrogen) atoms. The largest absolute Gasteiger partial charge is 0.305 e. The monoisotopic (exact) mass is 193 g/mol. The first kappa shape index (κ1) is 11.2. The van der Waals surface area contributed by atoms with Crippen LogP contribution >= 0.6 is 0 Å². The average Bonchev–Trinajstić information content (AvgIpc) is 2.16. The first-order valence-corrected chi connectivity index (χ1v) is 5.00. The quantitative estimate of drug-likeness (QED) is 0.742. The Bertz CT molecular complexity index is 294. The number of nitrogens with one attached hydrogen (secondary N) is 1. The van der Waals surface area contributed by atoms with E-state index in [9.17, 15) is 0 Å². The number of hydrogen-bond donors (Lipinski definition) is 1. The molecule has 78 valence electrons. The lowest BCUT2D eigenvalue weighted by Crippen LogP contribution is -2.12. The molecule has 0 amide bonds. The third-order valence-electron chi connectivity index (χ3n) is 2.45. The Balaban J connectivity index is 2.85. The Hall–Kier alpha value is -0.860. The van der Waals surface area contributed by atoms with E-state index < -0.39 is 0 Å². The number of aryl methyl sites for hydroxylation is 1. The molecule has 0 aliphatic heterocycles. The van der Waals surface area contributed by atoms with Crippen LogP contribution in [0.4, 0.5) is 0 Å². The maximum absolute atomic E-state index is 4.85. The van der Waals surface area contributed by atoms with Gasteiger partial charge < -0.3 is 4.84 Å². The molecule has 0 saturated heterocycles. The van der Waals surface area contributed by atoms with Gasteiger partial charge in [0.2, 0.25) is 0 Å². The minimum atomic E-state index is 0.580. The summed E-state index contributed by atoms with van der Waals surface area (Å²) in [6.45, 7) is 7.30. The van der Waals surface area contributed by atoms with Gasteiger partial charge >= 0.3 is 0 Å². The average molecular weight is 193 g/mol. The van der Waals surface area contributed by atoms with Crippen LogP contribution in [0.1, 0.15) is 36.5 Å². The van der Waals surface area contributed by atoms with Gasteiger partial charge in [-0.1, -0.05) is 32.0 Å². The van der Waals surface area contributed by atoms with Gasteiger partial charge in [-0.25, -0.2) is 0 Å². The molecule has 0 radical (unpaired) electrons. The van der Waals surface area contributed by atoms with Crippen molar-refractivity contribution in [2.24, 2.45) is 0 Å². The molecule has 0 fully saturated rings. The first-order chi connectivity index (χ1) is 6.65. The van der Waals surface area contributed by atoms with Crippen LogP contribution in [0, 0.1) is 6.92 Å². The van der Waals surface area contributed by atoms with Crippen LogP contribution in [0.2, 0.25) is 0 Å². The van der Waals surface area contributed by atoms with E-state index in [0.717, 1.165) is 6.54 Å². The molecule has 0 saturated carbocycles. The Morgan fingerprint density at radius 1 is 1.36 bits per heavy atom. The fourth-order valence-electron chi connectivity index (χ4n) is 1.39. The van der Waals surface area contributed by atoms with Gasteiger partial charge in [0.15, 0.2) is 0 Å². The Labute approximate surface area is 86.2 Å². The van der Waals surface area contributed by atoms with E-state index in [4.69, 9.17) is 4.84 Å². The number of benzene rings is 1. The maximum atomic E-state index is 4.85. The number of hydrogen-bond acceptors (Lipinski definition) is 2. The second-order valence-corrected chi connectivity index (χ2v) is 3.87. The van der Waals surface area contributed by atoms with E-state index in [1.807, 2.05) is 0 Å². The zero-order chi connectivity index (χ0) is 10.6. The standard InChI is InChI=1S/C12H19NO/c1-9(2)11-6-5-10(3)12(7-11)8-13-14-4/h5-7,9,13H,8H2,1-4H3. The van der Waals surface area contributed by atoms with Gasteiger partial charge in [0.05, 0.1) is 7.11 Å². The van der Waals surface area contributed by atoms with Crippen molar-refractivity contribution >= 4 is 0 Å². The molecule has 0 aromatic heterocycles. The summed E-state index contributed by atoms with van der Waals surface area (Å²) < 4.78 is 0. The van der Waals surface area contributed by atoms with Crippen LogP contribution in [0.25, 0.3) is 0 Å². The lowest BCUT2D eigenvalue weighted by atomic mass is 9.98. The first-order valence-electron chi connectivity index (χ1n) is 5.00. The van der Waals surface area contributed by atoms with Gasteiger partial charge in [-0.05, 0) is 29.5 Å². The van der Waals surface area contributed by atoms with Crippen LogP contribution in [0.3, 0.4) is 0 Å². The predicted octanol–water partition coefficient (Wildman–Crippen LogP) is 2.77. The minimum absolute atomic E-state index is 0.580. The number of rotatable bonds is 4. The summed E-state index contributed by atoms with van der Waals surface area (Å²) in [6.07, 6.45) is 0. The summed E-state index contributed by atoms with van der Waals surface area (Å²) in [6, 6.07) is 6.60. The summed E-state index contributed by atoms with van der Waals surface area (Å²) in [4.78, 5) is 4.85. The highest BCUT2D eigenvalue weighted by molar-refractivity contribution is 5.32. The van der Waals surface area contributed by atoms with Gasteiger partial charge in [-0.2, -0.15) is 5.48 Å². The summed E-state index contributed by atoms with van der Waals surface area (Å²) >= 11 is 0. The molecular formula is C12H19NO. The highest BCUT2D eigenvalue weighted by atomic mass is 16.6. The minimum Gasteiger partial charge on any atom is -0.305 e. The molecule has 2 nitrogen and oxygen atoms in total. The van der Waals surface area contributed by atoms with Crippen molar-refractivity contribution in [1.29, 1.82) is 0 Å². The van der Waals surface area contributed by atoms with E-state index in [2.05, 4.69) is 44.5 Å². The molecule has 0 aliphatic carbocycles. The zero-order valence-electron chi connectivity index (χ0n) is 9.42. The zero-order valence-corrected chi connectivity index (χ0v) is 9.42. The SMILES string of the molecule is CONCc1cc(C(C)C)ccc1C. The van der Waals surface area contributed by atoms with Crippen LogP contribution < -0.4 is 5.48 Å². The van der Waals surface area contributed by atoms with E-state index in [1.54, 1.807) is 7.11 Å². The summed E-state index contributed by atoms with van der Waals surface area (Å²) in [5.74, 6) is 0.580. The fourth-order valence-corrected chi connectivity index (χ4v) is 1.39. The molecule has 1 aromatic rings.